The fourth-order valence-electron chi connectivity index (χ4n) is 3.00. The van der Waals surface area contributed by atoms with E-state index in [1.165, 1.54) is 0 Å². The molecule has 0 spiro atoms. The lowest BCUT2D eigenvalue weighted by atomic mass is 10.1. The standard InChI is InChI=1S/C22H19NO3/c1-15(25-21(24)12-11-16-7-3-2-4-8-16)22-23-19-13-17-9-5-6-10-18(17)14-20(19)26-22/h2-10,13-15H,11-12H2,1H3/t15-/m1/s1. The Balaban J connectivity index is 1.46. The predicted octanol–water partition coefficient (Wildman–Crippen LogP) is 5.22. The van der Waals surface area contributed by atoms with Gasteiger partial charge < -0.3 is 9.15 Å². The third kappa shape index (κ3) is 3.45. The average molecular weight is 345 g/mol. The molecule has 0 saturated carbocycles. The number of fused-ring (bicyclic) bond motifs is 2. The van der Waals surface area contributed by atoms with Crippen molar-refractivity contribution in [1.29, 1.82) is 0 Å². The molecule has 0 fully saturated rings. The third-order valence-electron chi connectivity index (χ3n) is 4.39. The van der Waals surface area contributed by atoms with Crippen molar-refractivity contribution in [3.8, 4) is 0 Å². The SMILES string of the molecule is C[C@@H](OC(=O)CCc1ccccc1)c1nc2cc3ccccc3cc2o1. The van der Waals surface area contributed by atoms with E-state index in [-0.39, 0.29) is 5.97 Å². The van der Waals surface area contributed by atoms with Gasteiger partial charge in [-0.1, -0.05) is 54.6 Å². The van der Waals surface area contributed by atoms with Crippen LogP contribution < -0.4 is 0 Å². The summed E-state index contributed by atoms with van der Waals surface area (Å²) >= 11 is 0. The topological polar surface area (TPSA) is 52.3 Å². The van der Waals surface area contributed by atoms with Crippen LogP contribution in [0.5, 0.6) is 0 Å². The molecule has 26 heavy (non-hydrogen) atoms. The first kappa shape index (κ1) is 16.3. The summed E-state index contributed by atoms with van der Waals surface area (Å²) in [7, 11) is 0. The van der Waals surface area contributed by atoms with Crippen LogP contribution in [0.15, 0.2) is 71.1 Å². The summed E-state index contributed by atoms with van der Waals surface area (Å²) in [4.78, 5) is 16.6. The Labute approximate surface area is 151 Å². The van der Waals surface area contributed by atoms with Crippen molar-refractivity contribution in [2.24, 2.45) is 0 Å². The summed E-state index contributed by atoms with van der Waals surface area (Å²) in [5, 5.41) is 2.20. The molecule has 0 aliphatic heterocycles. The third-order valence-corrected chi connectivity index (χ3v) is 4.39. The van der Waals surface area contributed by atoms with Gasteiger partial charge in [-0.25, -0.2) is 4.98 Å². The van der Waals surface area contributed by atoms with Crippen LogP contribution in [0.25, 0.3) is 21.9 Å². The summed E-state index contributed by atoms with van der Waals surface area (Å²) < 4.78 is 11.3. The number of oxazole rings is 1. The molecule has 0 bridgehead atoms. The van der Waals surface area contributed by atoms with Gasteiger partial charge in [0, 0.05) is 6.42 Å². The van der Waals surface area contributed by atoms with Gasteiger partial charge in [-0.05, 0) is 41.8 Å². The van der Waals surface area contributed by atoms with Crippen LogP contribution in [0.3, 0.4) is 0 Å². The molecule has 4 nitrogen and oxygen atoms in total. The molecule has 1 heterocycles. The van der Waals surface area contributed by atoms with Crippen LogP contribution in [0.1, 0.15) is 30.9 Å². The first-order valence-corrected chi connectivity index (χ1v) is 8.72. The molecule has 0 radical (unpaired) electrons. The van der Waals surface area contributed by atoms with Gasteiger partial charge in [-0.3, -0.25) is 4.79 Å². The van der Waals surface area contributed by atoms with Crippen molar-refractivity contribution in [3.05, 3.63) is 78.2 Å². The van der Waals surface area contributed by atoms with Gasteiger partial charge in [0.1, 0.15) is 5.52 Å². The number of nitrogens with zero attached hydrogens (tertiary/aromatic N) is 1. The minimum Gasteiger partial charge on any atom is -0.453 e. The van der Waals surface area contributed by atoms with Gasteiger partial charge in [-0.15, -0.1) is 0 Å². The largest absolute Gasteiger partial charge is 0.453 e. The molecule has 0 aliphatic carbocycles. The molecule has 3 aromatic carbocycles. The fraction of sp³-hybridized carbons (Fsp3) is 0.182. The van der Waals surface area contributed by atoms with Crippen molar-refractivity contribution in [2.45, 2.75) is 25.9 Å². The molecule has 0 amide bonds. The first-order chi connectivity index (χ1) is 12.7. The Bertz CT molecular complexity index is 1000. The van der Waals surface area contributed by atoms with Crippen molar-refractivity contribution >= 4 is 27.8 Å². The Morgan fingerprint density at radius 3 is 2.50 bits per heavy atom. The molecule has 0 aliphatic rings. The molecule has 4 rings (SSSR count). The number of carbonyl (C=O) groups is 1. The zero-order valence-corrected chi connectivity index (χ0v) is 14.5. The highest BCUT2D eigenvalue weighted by Gasteiger charge is 2.18. The van der Waals surface area contributed by atoms with E-state index in [1.807, 2.05) is 66.7 Å². The monoisotopic (exact) mass is 345 g/mol. The Morgan fingerprint density at radius 1 is 1.04 bits per heavy atom. The zero-order chi connectivity index (χ0) is 17.9. The summed E-state index contributed by atoms with van der Waals surface area (Å²) in [5.74, 6) is 0.164. The van der Waals surface area contributed by atoms with Gasteiger partial charge in [0.25, 0.3) is 0 Å². The maximum Gasteiger partial charge on any atom is 0.306 e. The summed E-state index contributed by atoms with van der Waals surface area (Å²) in [5.41, 5.74) is 2.59. The molecule has 0 unspecified atom stereocenters. The van der Waals surface area contributed by atoms with Gasteiger partial charge in [0.15, 0.2) is 11.7 Å². The normalized spacial score (nSPS) is 12.3. The number of carbonyl (C=O) groups excluding carboxylic acids is 1. The van der Waals surface area contributed by atoms with Crippen molar-refractivity contribution in [2.75, 3.05) is 0 Å². The number of hydrogen-bond acceptors (Lipinski definition) is 4. The highest BCUT2D eigenvalue weighted by atomic mass is 16.6. The molecule has 1 aromatic heterocycles. The van der Waals surface area contributed by atoms with E-state index >= 15 is 0 Å². The Kier molecular flexibility index (Phi) is 4.40. The second-order valence-electron chi connectivity index (χ2n) is 6.34. The summed E-state index contributed by atoms with van der Waals surface area (Å²) in [6.07, 6.45) is 0.470. The van der Waals surface area contributed by atoms with Crippen LogP contribution in [0, 0.1) is 0 Å². The predicted molar refractivity (Wildman–Crippen MR) is 101 cm³/mol. The lowest BCUT2D eigenvalue weighted by Crippen LogP contribution is -2.10. The lowest BCUT2D eigenvalue weighted by molar-refractivity contribution is -0.149. The smallest absolute Gasteiger partial charge is 0.306 e. The minimum atomic E-state index is -0.520. The second kappa shape index (κ2) is 7.00. The number of rotatable bonds is 5. The van der Waals surface area contributed by atoms with E-state index in [0.29, 0.717) is 24.3 Å². The quantitative estimate of drug-likeness (QED) is 0.465. The van der Waals surface area contributed by atoms with E-state index < -0.39 is 6.10 Å². The second-order valence-corrected chi connectivity index (χ2v) is 6.34. The maximum atomic E-state index is 12.1. The number of esters is 1. The molecule has 130 valence electrons. The number of aromatic nitrogens is 1. The van der Waals surface area contributed by atoms with E-state index in [9.17, 15) is 4.79 Å². The molecule has 4 heteroatoms. The van der Waals surface area contributed by atoms with Crippen LogP contribution in [-0.2, 0) is 16.0 Å². The van der Waals surface area contributed by atoms with E-state index in [4.69, 9.17) is 9.15 Å². The van der Waals surface area contributed by atoms with Gasteiger partial charge in [0.2, 0.25) is 5.89 Å². The highest BCUT2D eigenvalue weighted by Crippen LogP contribution is 2.27. The molecule has 0 saturated heterocycles. The van der Waals surface area contributed by atoms with E-state index in [2.05, 4.69) is 4.98 Å². The van der Waals surface area contributed by atoms with E-state index in [0.717, 1.165) is 21.9 Å². The molecule has 4 aromatic rings. The van der Waals surface area contributed by atoms with Crippen molar-refractivity contribution in [3.63, 3.8) is 0 Å². The van der Waals surface area contributed by atoms with Gasteiger partial charge in [0.05, 0.1) is 0 Å². The number of ether oxygens (including phenoxy) is 1. The van der Waals surface area contributed by atoms with Crippen LogP contribution in [0.4, 0.5) is 0 Å². The fourth-order valence-corrected chi connectivity index (χ4v) is 3.00. The lowest BCUT2D eigenvalue weighted by Gasteiger charge is -2.09. The molecule has 1 atom stereocenters. The minimum absolute atomic E-state index is 0.256. The number of benzene rings is 3. The summed E-state index contributed by atoms with van der Waals surface area (Å²) in [6, 6.07) is 21.9. The average Bonchev–Trinajstić information content (AvgIpc) is 3.08. The first-order valence-electron chi connectivity index (χ1n) is 8.72. The number of aryl methyl sites for hydroxylation is 1. The number of hydrogen-bond donors (Lipinski definition) is 0. The van der Waals surface area contributed by atoms with E-state index in [1.54, 1.807) is 6.92 Å². The van der Waals surface area contributed by atoms with Crippen LogP contribution >= 0.6 is 0 Å². The molecular weight excluding hydrogens is 326 g/mol. The molecular formula is C22H19NO3. The highest BCUT2D eigenvalue weighted by molar-refractivity contribution is 5.94. The molecule has 0 N–H and O–H groups in total. The Morgan fingerprint density at radius 2 is 1.73 bits per heavy atom. The van der Waals surface area contributed by atoms with Crippen LogP contribution in [0.2, 0.25) is 0 Å². The van der Waals surface area contributed by atoms with Gasteiger partial charge in [-0.2, -0.15) is 0 Å². The summed E-state index contributed by atoms with van der Waals surface area (Å²) in [6.45, 7) is 1.78. The zero-order valence-electron chi connectivity index (χ0n) is 14.5. The van der Waals surface area contributed by atoms with Crippen molar-refractivity contribution in [1.82, 2.24) is 4.98 Å². The Hall–Kier alpha value is -3.14. The van der Waals surface area contributed by atoms with Gasteiger partial charge >= 0.3 is 5.97 Å². The maximum absolute atomic E-state index is 12.1. The van der Waals surface area contributed by atoms with Crippen molar-refractivity contribution < 1.29 is 13.9 Å². The van der Waals surface area contributed by atoms with Crippen LogP contribution in [-0.4, -0.2) is 11.0 Å².